The molecule has 29 heavy (non-hydrogen) atoms. The lowest BCUT2D eigenvalue weighted by atomic mass is 10.2. The van der Waals surface area contributed by atoms with Crippen molar-refractivity contribution in [3.05, 3.63) is 47.6 Å². The van der Waals surface area contributed by atoms with Crippen molar-refractivity contribution in [2.75, 3.05) is 12.4 Å². The number of nitrogens with two attached hydrogens (primary N) is 1. The summed E-state index contributed by atoms with van der Waals surface area (Å²) in [6, 6.07) is 8.42. The summed E-state index contributed by atoms with van der Waals surface area (Å²) in [5.74, 6) is 0.113. The molecule has 10 heteroatoms. The number of nitrogens with one attached hydrogen (secondary N) is 1. The molecule has 152 valence electrons. The van der Waals surface area contributed by atoms with Gasteiger partial charge in [-0.2, -0.15) is 0 Å². The van der Waals surface area contributed by atoms with Crippen LogP contribution in [0.15, 0.2) is 46.8 Å². The van der Waals surface area contributed by atoms with E-state index in [1.54, 1.807) is 36.5 Å². The zero-order valence-electron chi connectivity index (χ0n) is 16.0. The summed E-state index contributed by atoms with van der Waals surface area (Å²) in [5.41, 5.74) is 2.31. The van der Waals surface area contributed by atoms with Crippen LogP contribution < -0.4 is 15.2 Å². The number of hydrogen-bond donors (Lipinski definition) is 2. The van der Waals surface area contributed by atoms with E-state index >= 15 is 0 Å². The second-order valence-electron chi connectivity index (χ2n) is 6.21. The maximum absolute atomic E-state index is 11.6. The molecule has 3 aromatic rings. The summed E-state index contributed by atoms with van der Waals surface area (Å²) in [6.07, 6.45) is 1.53. The fourth-order valence-electron chi connectivity index (χ4n) is 2.44. The molecule has 0 aliphatic heterocycles. The van der Waals surface area contributed by atoms with Gasteiger partial charge in [-0.3, -0.25) is 0 Å². The molecule has 0 amide bonds. The molecule has 1 unspecified atom stereocenters. The van der Waals surface area contributed by atoms with Gasteiger partial charge in [0.2, 0.25) is 0 Å². The summed E-state index contributed by atoms with van der Waals surface area (Å²) >= 11 is 1.39. The van der Waals surface area contributed by atoms with Gasteiger partial charge < -0.3 is 14.8 Å². The zero-order chi connectivity index (χ0) is 21.0. The van der Waals surface area contributed by atoms with Crippen LogP contribution in [0.4, 0.5) is 10.8 Å². The number of esters is 1. The molecule has 0 radical (unpaired) electrons. The number of rotatable bonds is 7. The highest BCUT2D eigenvalue weighted by Crippen LogP contribution is 2.33. The van der Waals surface area contributed by atoms with Crippen LogP contribution in [0.5, 0.6) is 5.75 Å². The molecule has 3 N–H and O–H groups in total. The second kappa shape index (κ2) is 9.12. The van der Waals surface area contributed by atoms with E-state index in [0.29, 0.717) is 27.2 Å². The number of ether oxygens (including phenoxy) is 2. The highest BCUT2D eigenvalue weighted by Gasteiger charge is 2.13. The lowest BCUT2D eigenvalue weighted by Gasteiger charge is -2.15. The van der Waals surface area contributed by atoms with Crippen molar-refractivity contribution in [1.29, 1.82) is 0 Å². The summed E-state index contributed by atoms with van der Waals surface area (Å²) in [7, 11) is -0.300. The van der Waals surface area contributed by atoms with Gasteiger partial charge in [-0.15, -0.1) is 11.3 Å². The molecule has 0 aliphatic carbocycles. The number of aromatic nitrogens is 2. The van der Waals surface area contributed by atoms with Gasteiger partial charge in [0.05, 0.1) is 29.5 Å². The molecule has 0 saturated heterocycles. The fraction of sp³-hybridized carbons (Fsp3) is 0.211. The molecule has 0 bridgehead atoms. The molecule has 1 aromatic carbocycles. The van der Waals surface area contributed by atoms with Gasteiger partial charge in [0.15, 0.2) is 5.13 Å². The molecular formula is C19H20N4O4S2. The third kappa shape index (κ3) is 5.17. The van der Waals surface area contributed by atoms with E-state index in [-0.39, 0.29) is 11.8 Å². The number of benzene rings is 1. The lowest BCUT2D eigenvalue weighted by molar-refractivity contribution is 0.0594. The Kier molecular flexibility index (Phi) is 6.57. The molecular weight excluding hydrogens is 412 g/mol. The summed E-state index contributed by atoms with van der Waals surface area (Å²) in [5, 5.41) is 11.2. The van der Waals surface area contributed by atoms with Crippen LogP contribution in [0, 0.1) is 0 Å². The second-order valence-corrected chi connectivity index (χ2v) is 8.13. The predicted molar refractivity (Wildman–Crippen MR) is 113 cm³/mol. The average molecular weight is 433 g/mol. The van der Waals surface area contributed by atoms with Crippen LogP contribution in [0.2, 0.25) is 0 Å². The highest BCUT2D eigenvalue weighted by molar-refractivity contribution is 7.82. The Balaban J connectivity index is 1.85. The summed E-state index contributed by atoms with van der Waals surface area (Å²) in [6.45, 7) is 3.84. The average Bonchev–Trinajstić information content (AvgIpc) is 3.17. The standard InChI is InChI=1S/C19H20N4O4S2/c1-11(2)27-17-7-5-13(29(20)25)8-15(17)22-19-23-16(10-28-19)12-4-6-14(21-9-12)18(24)26-3/h4-11H,20H2,1-3H3,(H,22,23). The van der Waals surface area contributed by atoms with Crippen molar-refractivity contribution in [3.8, 4) is 17.0 Å². The topological polar surface area (TPSA) is 116 Å². The number of hydrogen-bond acceptors (Lipinski definition) is 8. The van der Waals surface area contributed by atoms with E-state index < -0.39 is 17.0 Å². The smallest absolute Gasteiger partial charge is 0.356 e. The number of thiazole rings is 1. The van der Waals surface area contributed by atoms with E-state index in [1.807, 2.05) is 19.2 Å². The number of methoxy groups -OCH3 is 1. The van der Waals surface area contributed by atoms with Crippen molar-refractivity contribution in [1.82, 2.24) is 9.97 Å². The quantitative estimate of drug-likeness (QED) is 0.549. The number of pyridine rings is 1. The molecule has 1 atom stereocenters. The molecule has 3 rings (SSSR count). The highest BCUT2D eigenvalue weighted by atomic mass is 32.2. The van der Waals surface area contributed by atoms with Crippen LogP contribution in [0.1, 0.15) is 24.3 Å². The molecule has 2 aromatic heterocycles. The van der Waals surface area contributed by atoms with Gasteiger partial charge in [0, 0.05) is 17.1 Å². The van der Waals surface area contributed by atoms with Gasteiger partial charge in [0.1, 0.15) is 22.4 Å². The lowest BCUT2D eigenvalue weighted by Crippen LogP contribution is -2.09. The van der Waals surface area contributed by atoms with Crippen molar-refractivity contribution in [3.63, 3.8) is 0 Å². The Morgan fingerprint density at radius 1 is 1.28 bits per heavy atom. The van der Waals surface area contributed by atoms with Crippen molar-refractivity contribution < 1.29 is 18.5 Å². The number of carbonyl (C=O) groups is 1. The maximum atomic E-state index is 11.6. The minimum Gasteiger partial charge on any atom is -0.489 e. The van der Waals surface area contributed by atoms with Crippen LogP contribution in [-0.4, -0.2) is 33.4 Å². The van der Waals surface area contributed by atoms with Crippen molar-refractivity contribution in [2.45, 2.75) is 24.8 Å². The molecule has 8 nitrogen and oxygen atoms in total. The largest absolute Gasteiger partial charge is 0.489 e. The number of carbonyl (C=O) groups excluding carboxylic acids is 1. The normalized spacial score (nSPS) is 11.9. The molecule has 0 spiro atoms. The van der Waals surface area contributed by atoms with Crippen molar-refractivity contribution in [2.24, 2.45) is 5.14 Å². The van der Waals surface area contributed by atoms with Gasteiger partial charge in [0.25, 0.3) is 0 Å². The Morgan fingerprint density at radius 3 is 2.69 bits per heavy atom. The van der Waals surface area contributed by atoms with E-state index in [4.69, 9.17) is 9.88 Å². The van der Waals surface area contributed by atoms with Gasteiger partial charge in [-0.1, -0.05) is 0 Å². The van der Waals surface area contributed by atoms with Gasteiger partial charge in [-0.25, -0.2) is 24.1 Å². The van der Waals surface area contributed by atoms with E-state index in [1.165, 1.54) is 18.4 Å². The first-order valence-electron chi connectivity index (χ1n) is 8.61. The third-order valence-electron chi connectivity index (χ3n) is 3.75. The van der Waals surface area contributed by atoms with Gasteiger partial charge in [-0.05, 0) is 44.2 Å². The fourth-order valence-corrected chi connectivity index (χ4v) is 3.61. The molecule has 0 aliphatic rings. The Morgan fingerprint density at radius 2 is 2.07 bits per heavy atom. The first-order chi connectivity index (χ1) is 13.9. The molecule has 0 saturated carbocycles. The minimum atomic E-state index is -1.61. The van der Waals surface area contributed by atoms with Crippen LogP contribution >= 0.6 is 11.3 Å². The first kappa shape index (κ1) is 20.9. The number of nitrogens with zero attached hydrogens (tertiary/aromatic N) is 2. The third-order valence-corrected chi connectivity index (χ3v) is 5.22. The first-order valence-corrected chi connectivity index (χ1v) is 10.7. The Bertz CT molecular complexity index is 1030. The molecule has 0 fully saturated rings. The molecule has 2 heterocycles. The SMILES string of the molecule is COC(=O)c1ccc(-c2csc(Nc3cc(S(N)=O)ccc3OC(C)C)n2)cn1. The summed E-state index contributed by atoms with van der Waals surface area (Å²) < 4.78 is 22.1. The van der Waals surface area contributed by atoms with Crippen LogP contribution in [-0.2, 0) is 15.7 Å². The monoisotopic (exact) mass is 432 g/mol. The zero-order valence-corrected chi connectivity index (χ0v) is 17.7. The minimum absolute atomic E-state index is 0.0315. The van der Waals surface area contributed by atoms with Crippen LogP contribution in [0.3, 0.4) is 0 Å². The van der Waals surface area contributed by atoms with Gasteiger partial charge >= 0.3 is 5.97 Å². The Labute approximate surface area is 174 Å². The predicted octanol–water partition coefficient (Wildman–Crippen LogP) is 3.50. The maximum Gasteiger partial charge on any atom is 0.356 e. The van der Waals surface area contributed by atoms with E-state index in [2.05, 4.69) is 20.0 Å². The summed E-state index contributed by atoms with van der Waals surface area (Å²) in [4.78, 5) is 20.6. The van der Waals surface area contributed by atoms with Crippen molar-refractivity contribution >= 4 is 39.1 Å². The van der Waals surface area contributed by atoms with E-state index in [9.17, 15) is 9.00 Å². The Hall–Kier alpha value is -2.82. The van der Waals surface area contributed by atoms with Crippen LogP contribution in [0.25, 0.3) is 11.3 Å². The van der Waals surface area contributed by atoms with E-state index in [0.717, 1.165) is 5.56 Å². The number of anilines is 2.